The summed E-state index contributed by atoms with van der Waals surface area (Å²) < 4.78 is 5.21. The van der Waals surface area contributed by atoms with Crippen LogP contribution in [0.4, 0.5) is 0 Å². The van der Waals surface area contributed by atoms with Crippen LogP contribution >= 0.6 is 24.0 Å². The molecular formula is C14H24IN3O. The molecule has 0 saturated heterocycles. The van der Waals surface area contributed by atoms with Gasteiger partial charge >= 0.3 is 0 Å². The maximum Gasteiger partial charge on any atom is 0.195 e. The van der Waals surface area contributed by atoms with Gasteiger partial charge < -0.3 is 14.5 Å². The van der Waals surface area contributed by atoms with Crippen LogP contribution in [0.25, 0.3) is 0 Å². The Bertz CT molecular complexity index is 395. The molecule has 0 aromatic heterocycles. The zero-order valence-electron chi connectivity index (χ0n) is 12.4. The number of halogens is 1. The van der Waals surface area contributed by atoms with Gasteiger partial charge in [-0.1, -0.05) is 12.1 Å². The molecule has 0 fully saturated rings. The fraction of sp³-hybridized carbons (Fsp3) is 0.500. The van der Waals surface area contributed by atoms with Crippen molar-refractivity contribution < 1.29 is 4.74 Å². The molecule has 0 amide bonds. The van der Waals surface area contributed by atoms with Gasteiger partial charge in [0, 0.05) is 34.7 Å². The topological polar surface area (TPSA) is 28.1 Å². The molecule has 0 unspecified atom stereocenters. The lowest BCUT2D eigenvalue weighted by molar-refractivity contribution is 0.414. The van der Waals surface area contributed by atoms with E-state index in [1.165, 1.54) is 5.56 Å². The SMILES string of the molecule is COc1cccc(CCN=C(N(C)C)N(C)C)c1.I. The Hall–Kier alpha value is -0.980. The highest BCUT2D eigenvalue weighted by Gasteiger charge is 2.03. The molecule has 0 radical (unpaired) electrons. The second-order valence-electron chi connectivity index (χ2n) is 4.57. The second kappa shape index (κ2) is 9.01. The molecule has 4 nitrogen and oxygen atoms in total. The lowest BCUT2D eigenvalue weighted by Gasteiger charge is -2.22. The van der Waals surface area contributed by atoms with Gasteiger partial charge in [0.25, 0.3) is 0 Å². The van der Waals surface area contributed by atoms with E-state index in [0.717, 1.165) is 24.7 Å². The average molecular weight is 377 g/mol. The molecule has 108 valence electrons. The number of methoxy groups -OCH3 is 1. The molecule has 0 spiro atoms. The fourth-order valence-corrected chi connectivity index (χ4v) is 1.80. The van der Waals surface area contributed by atoms with Crippen molar-refractivity contribution in [3.05, 3.63) is 29.8 Å². The number of rotatable bonds is 4. The van der Waals surface area contributed by atoms with Gasteiger partial charge in [0.1, 0.15) is 5.75 Å². The van der Waals surface area contributed by atoms with Gasteiger partial charge in [-0.2, -0.15) is 0 Å². The molecule has 1 aromatic rings. The van der Waals surface area contributed by atoms with Crippen molar-refractivity contribution in [3.8, 4) is 5.75 Å². The monoisotopic (exact) mass is 377 g/mol. The van der Waals surface area contributed by atoms with E-state index in [1.807, 2.05) is 50.1 Å². The smallest absolute Gasteiger partial charge is 0.195 e. The Morgan fingerprint density at radius 3 is 2.32 bits per heavy atom. The molecule has 1 rings (SSSR count). The summed E-state index contributed by atoms with van der Waals surface area (Å²) in [5, 5.41) is 0. The lowest BCUT2D eigenvalue weighted by atomic mass is 10.1. The molecule has 0 N–H and O–H groups in total. The normalized spacial score (nSPS) is 9.32. The quantitative estimate of drug-likeness (QED) is 0.458. The van der Waals surface area contributed by atoms with Crippen LogP contribution in [0.3, 0.4) is 0 Å². The number of hydrogen-bond acceptors (Lipinski definition) is 2. The van der Waals surface area contributed by atoms with Gasteiger partial charge in [0.05, 0.1) is 7.11 Å². The first-order valence-corrected chi connectivity index (χ1v) is 6.06. The molecule has 0 aliphatic heterocycles. The Labute approximate surface area is 133 Å². The molecule has 0 atom stereocenters. The average Bonchev–Trinajstić information content (AvgIpc) is 2.34. The van der Waals surface area contributed by atoms with Gasteiger partial charge in [-0.05, 0) is 24.1 Å². The summed E-state index contributed by atoms with van der Waals surface area (Å²) >= 11 is 0. The summed E-state index contributed by atoms with van der Waals surface area (Å²) in [7, 11) is 9.71. The van der Waals surface area contributed by atoms with Gasteiger partial charge in [0.15, 0.2) is 5.96 Å². The van der Waals surface area contributed by atoms with Crippen molar-refractivity contribution in [1.29, 1.82) is 0 Å². The van der Waals surface area contributed by atoms with Gasteiger partial charge in [0.2, 0.25) is 0 Å². The second-order valence-corrected chi connectivity index (χ2v) is 4.57. The summed E-state index contributed by atoms with van der Waals surface area (Å²) in [5.74, 6) is 1.88. The van der Waals surface area contributed by atoms with Crippen LogP contribution in [0.5, 0.6) is 5.75 Å². The number of guanidine groups is 1. The van der Waals surface area contributed by atoms with Crippen LogP contribution in [0.1, 0.15) is 5.56 Å². The number of aliphatic imine (C=N–C) groups is 1. The summed E-state index contributed by atoms with van der Waals surface area (Å²) in [6.07, 6.45) is 0.919. The van der Waals surface area contributed by atoms with Crippen molar-refractivity contribution in [2.75, 3.05) is 41.8 Å². The number of ether oxygens (including phenoxy) is 1. The number of nitrogens with zero attached hydrogens (tertiary/aromatic N) is 3. The first-order valence-electron chi connectivity index (χ1n) is 6.06. The van der Waals surface area contributed by atoms with E-state index in [2.05, 4.69) is 17.1 Å². The van der Waals surface area contributed by atoms with Crippen molar-refractivity contribution in [1.82, 2.24) is 9.80 Å². The van der Waals surface area contributed by atoms with Gasteiger partial charge in [-0.25, -0.2) is 0 Å². The van der Waals surface area contributed by atoms with E-state index in [4.69, 9.17) is 4.74 Å². The van der Waals surface area contributed by atoms with E-state index in [9.17, 15) is 0 Å². The maximum absolute atomic E-state index is 5.21. The summed E-state index contributed by atoms with van der Waals surface area (Å²) in [6.45, 7) is 0.777. The molecule has 0 heterocycles. The van der Waals surface area contributed by atoms with Crippen LogP contribution in [0, 0.1) is 0 Å². The first kappa shape index (κ1) is 18.0. The van der Waals surface area contributed by atoms with Crippen LogP contribution in [0.2, 0.25) is 0 Å². The lowest BCUT2D eigenvalue weighted by Crippen LogP contribution is -2.35. The Kier molecular flexibility index (Phi) is 8.54. The predicted molar refractivity (Wildman–Crippen MR) is 91.8 cm³/mol. The van der Waals surface area contributed by atoms with Crippen molar-refractivity contribution >= 4 is 29.9 Å². The van der Waals surface area contributed by atoms with Crippen LogP contribution in [-0.4, -0.2) is 57.6 Å². The standard InChI is InChI=1S/C14H23N3O.HI/c1-16(2)14(17(3)4)15-10-9-12-7-6-8-13(11-12)18-5;/h6-8,11H,9-10H2,1-5H3;1H. The Balaban J connectivity index is 0.00000324. The van der Waals surface area contributed by atoms with Crippen molar-refractivity contribution in [2.24, 2.45) is 4.99 Å². The van der Waals surface area contributed by atoms with E-state index >= 15 is 0 Å². The highest BCUT2D eigenvalue weighted by Crippen LogP contribution is 2.12. The van der Waals surface area contributed by atoms with E-state index in [0.29, 0.717) is 0 Å². The van der Waals surface area contributed by atoms with Gasteiger partial charge in [-0.15, -0.1) is 24.0 Å². The predicted octanol–water partition coefficient (Wildman–Crippen LogP) is 2.33. The maximum atomic E-state index is 5.21. The molecule has 5 heteroatoms. The third kappa shape index (κ3) is 6.13. The zero-order valence-corrected chi connectivity index (χ0v) is 14.7. The zero-order chi connectivity index (χ0) is 13.5. The number of hydrogen-bond donors (Lipinski definition) is 0. The molecular weight excluding hydrogens is 353 g/mol. The molecule has 0 aliphatic carbocycles. The van der Waals surface area contributed by atoms with Crippen LogP contribution in [-0.2, 0) is 6.42 Å². The van der Waals surface area contributed by atoms with Crippen LogP contribution < -0.4 is 4.74 Å². The van der Waals surface area contributed by atoms with E-state index < -0.39 is 0 Å². The third-order valence-electron chi connectivity index (χ3n) is 2.59. The molecule has 0 saturated carbocycles. The summed E-state index contributed by atoms with van der Waals surface area (Å²) in [4.78, 5) is 8.64. The Morgan fingerprint density at radius 1 is 1.16 bits per heavy atom. The highest BCUT2D eigenvalue weighted by molar-refractivity contribution is 14.0. The molecule has 19 heavy (non-hydrogen) atoms. The minimum atomic E-state index is 0. The highest BCUT2D eigenvalue weighted by atomic mass is 127. The van der Waals surface area contributed by atoms with E-state index in [-0.39, 0.29) is 24.0 Å². The minimum Gasteiger partial charge on any atom is -0.497 e. The van der Waals surface area contributed by atoms with Crippen molar-refractivity contribution in [2.45, 2.75) is 6.42 Å². The molecule has 1 aromatic carbocycles. The minimum absolute atomic E-state index is 0. The largest absolute Gasteiger partial charge is 0.497 e. The van der Waals surface area contributed by atoms with Crippen LogP contribution in [0.15, 0.2) is 29.3 Å². The summed E-state index contributed by atoms with van der Waals surface area (Å²) in [6, 6.07) is 8.12. The molecule has 0 bridgehead atoms. The Morgan fingerprint density at radius 2 is 1.79 bits per heavy atom. The van der Waals surface area contributed by atoms with Gasteiger partial charge in [-0.3, -0.25) is 4.99 Å². The summed E-state index contributed by atoms with van der Waals surface area (Å²) in [5.41, 5.74) is 1.25. The number of benzene rings is 1. The van der Waals surface area contributed by atoms with E-state index in [1.54, 1.807) is 7.11 Å². The third-order valence-corrected chi connectivity index (χ3v) is 2.59. The molecule has 0 aliphatic rings. The first-order chi connectivity index (χ1) is 8.54. The fourth-order valence-electron chi connectivity index (χ4n) is 1.80. The van der Waals surface area contributed by atoms with Crippen molar-refractivity contribution in [3.63, 3.8) is 0 Å².